The fourth-order valence-electron chi connectivity index (χ4n) is 4.68. The summed E-state index contributed by atoms with van der Waals surface area (Å²) in [6, 6.07) is 1.99. The van der Waals surface area contributed by atoms with E-state index in [-0.39, 0.29) is 10.4 Å². The molecule has 1 saturated heterocycles. The van der Waals surface area contributed by atoms with Crippen LogP contribution in [0, 0.1) is 11.4 Å². The second-order valence-electron chi connectivity index (χ2n) is 7.89. The number of anilines is 1. The molecule has 4 rings (SSSR count). The number of piperidine rings is 1. The van der Waals surface area contributed by atoms with Gasteiger partial charge in [-0.3, -0.25) is 9.56 Å². The Morgan fingerprint density at radius 1 is 1.33 bits per heavy atom. The van der Waals surface area contributed by atoms with E-state index in [4.69, 9.17) is 22.3 Å². The van der Waals surface area contributed by atoms with Crippen molar-refractivity contribution in [1.82, 2.24) is 14.5 Å². The molecule has 160 valence electrons. The average molecular weight is 449 g/mol. The highest BCUT2D eigenvalue weighted by Gasteiger charge is 2.43. The minimum atomic E-state index is -0.690. The second kappa shape index (κ2) is 8.69. The zero-order valence-corrected chi connectivity index (χ0v) is 18.6. The standard InChI is InChI=1S/C21H26ClFN6S/c1-3-29-19(25-2)15(30-14-6-10-26-18(23)17(14)22)13-27-20(29)28-11-8-21(9-12-28)7-4-5-16(21)24/h3,6,10,13,16H,1,4-5,7-9,11-12,24H2,2H3. The predicted octanol–water partition coefficient (Wildman–Crippen LogP) is 3.95. The predicted molar refractivity (Wildman–Crippen MR) is 119 cm³/mol. The molecule has 1 unspecified atom stereocenters. The summed E-state index contributed by atoms with van der Waals surface area (Å²) in [4.78, 5) is 16.4. The Morgan fingerprint density at radius 3 is 2.73 bits per heavy atom. The smallest absolute Gasteiger partial charge is 0.232 e. The monoisotopic (exact) mass is 448 g/mol. The minimum absolute atomic E-state index is 0.00647. The van der Waals surface area contributed by atoms with Gasteiger partial charge in [-0.15, -0.1) is 0 Å². The molecule has 1 saturated carbocycles. The van der Waals surface area contributed by atoms with E-state index in [0.717, 1.165) is 43.2 Å². The van der Waals surface area contributed by atoms with E-state index in [1.807, 2.05) is 4.57 Å². The van der Waals surface area contributed by atoms with Gasteiger partial charge in [0.15, 0.2) is 0 Å². The van der Waals surface area contributed by atoms with Crippen LogP contribution < -0.4 is 16.1 Å². The van der Waals surface area contributed by atoms with E-state index in [9.17, 15) is 4.39 Å². The Morgan fingerprint density at radius 2 is 2.10 bits per heavy atom. The largest absolute Gasteiger partial charge is 0.342 e. The molecule has 0 bridgehead atoms. The van der Waals surface area contributed by atoms with Gasteiger partial charge in [0.25, 0.3) is 0 Å². The molecular weight excluding hydrogens is 423 g/mol. The van der Waals surface area contributed by atoms with Gasteiger partial charge in [0.1, 0.15) is 10.5 Å². The topological polar surface area (TPSA) is 72.3 Å². The Hall–Kier alpha value is -1.90. The molecule has 1 aliphatic carbocycles. The lowest BCUT2D eigenvalue weighted by molar-refractivity contribution is 0.196. The highest BCUT2D eigenvalue weighted by atomic mass is 35.5. The summed E-state index contributed by atoms with van der Waals surface area (Å²) in [5.41, 5.74) is 7.41. The molecule has 2 aromatic rings. The van der Waals surface area contributed by atoms with Crippen molar-refractivity contribution in [2.24, 2.45) is 16.1 Å². The van der Waals surface area contributed by atoms with Crippen LogP contribution in [0.1, 0.15) is 32.1 Å². The van der Waals surface area contributed by atoms with Crippen LogP contribution in [0.4, 0.5) is 10.3 Å². The van der Waals surface area contributed by atoms with Crippen molar-refractivity contribution >= 4 is 35.5 Å². The number of nitrogens with zero attached hydrogens (tertiary/aromatic N) is 5. The number of hydrogen-bond acceptors (Lipinski definition) is 6. The highest BCUT2D eigenvalue weighted by molar-refractivity contribution is 7.99. The fourth-order valence-corrected chi connectivity index (χ4v) is 5.83. The molecule has 2 aromatic heterocycles. The van der Waals surface area contributed by atoms with Crippen LogP contribution in [0.3, 0.4) is 0 Å². The Balaban J connectivity index is 1.63. The first-order chi connectivity index (χ1) is 14.5. The van der Waals surface area contributed by atoms with Gasteiger partial charge in [0.2, 0.25) is 11.9 Å². The van der Waals surface area contributed by atoms with E-state index < -0.39 is 5.95 Å². The van der Waals surface area contributed by atoms with Gasteiger partial charge in [-0.25, -0.2) is 9.97 Å². The first-order valence-corrected chi connectivity index (χ1v) is 11.3. The van der Waals surface area contributed by atoms with Gasteiger partial charge < -0.3 is 10.6 Å². The van der Waals surface area contributed by atoms with Gasteiger partial charge in [-0.05, 0) is 37.2 Å². The van der Waals surface area contributed by atoms with Gasteiger partial charge in [0.05, 0.1) is 4.90 Å². The number of halogens is 2. The summed E-state index contributed by atoms with van der Waals surface area (Å²) < 4.78 is 15.6. The molecule has 1 atom stereocenters. The molecule has 2 fully saturated rings. The molecule has 0 aromatic carbocycles. The molecular formula is C21H26ClFN6S. The summed E-state index contributed by atoms with van der Waals surface area (Å²) in [6.45, 7) is 5.79. The van der Waals surface area contributed by atoms with Gasteiger partial charge >= 0.3 is 0 Å². The summed E-state index contributed by atoms with van der Waals surface area (Å²) in [5, 5.41) is -0.00647. The van der Waals surface area contributed by atoms with E-state index in [2.05, 4.69) is 21.5 Å². The quantitative estimate of drug-likeness (QED) is 0.717. The van der Waals surface area contributed by atoms with Crippen molar-refractivity contribution in [3.63, 3.8) is 0 Å². The number of aromatic nitrogens is 3. The third kappa shape index (κ3) is 3.76. The lowest BCUT2D eigenvalue weighted by Crippen LogP contribution is -2.48. The summed E-state index contributed by atoms with van der Waals surface area (Å²) >= 11 is 7.39. The van der Waals surface area contributed by atoms with Crippen molar-refractivity contribution in [3.05, 3.63) is 41.5 Å². The van der Waals surface area contributed by atoms with E-state index >= 15 is 0 Å². The van der Waals surface area contributed by atoms with Crippen molar-refractivity contribution < 1.29 is 4.39 Å². The summed E-state index contributed by atoms with van der Waals surface area (Å²) in [7, 11) is 1.72. The maximum Gasteiger partial charge on any atom is 0.232 e. The number of rotatable bonds is 4. The Labute approximate surface area is 185 Å². The molecule has 3 heterocycles. The first kappa shape index (κ1) is 21.3. The average Bonchev–Trinajstić information content (AvgIpc) is 3.11. The van der Waals surface area contributed by atoms with Crippen LogP contribution in [0.2, 0.25) is 5.02 Å². The van der Waals surface area contributed by atoms with Gasteiger partial charge in [-0.2, -0.15) is 4.39 Å². The SMILES string of the molecule is C=Cn1c(N2CCC3(CCCC3N)CC2)ncc(Sc2ccnc(F)c2Cl)c1=NC. The molecule has 6 nitrogen and oxygen atoms in total. The molecule has 2 aliphatic rings. The third-order valence-corrected chi connectivity index (χ3v) is 7.94. The minimum Gasteiger partial charge on any atom is -0.342 e. The number of pyridine rings is 1. The van der Waals surface area contributed by atoms with E-state index in [0.29, 0.717) is 16.4 Å². The first-order valence-electron chi connectivity index (χ1n) is 10.1. The lowest BCUT2D eigenvalue weighted by atomic mass is 9.74. The van der Waals surface area contributed by atoms with E-state index in [1.54, 1.807) is 25.5 Å². The van der Waals surface area contributed by atoms with Crippen LogP contribution in [0.25, 0.3) is 6.20 Å². The Kier molecular flexibility index (Phi) is 6.18. The van der Waals surface area contributed by atoms with E-state index in [1.165, 1.54) is 30.8 Å². The van der Waals surface area contributed by atoms with Crippen LogP contribution in [-0.2, 0) is 0 Å². The van der Waals surface area contributed by atoms with Crippen molar-refractivity contribution in [2.75, 3.05) is 25.0 Å². The van der Waals surface area contributed by atoms with Crippen molar-refractivity contribution in [2.45, 2.75) is 47.9 Å². The zero-order valence-electron chi connectivity index (χ0n) is 17.0. The summed E-state index contributed by atoms with van der Waals surface area (Å²) in [5.74, 6) is 0.119. The van der Waals surface area contributed by atoms with Crippen LogP contribution >= 0.6 is 23.4 Å². The van der Waals surface area contributed by atoms with Crippen molar-refractivity contribution in [1.29, 1.82) is 0 Å². The highest BCUT2D eigenvalue weighted by Crippen LogP contribution is 2.45. The van der Waals surface area contributed by atoms with Crippen LogP contribution in [0.15, 0.2) is 39.8 Å². The third-order valence-electron chi connectivity index (χ3n) is 6.41. The summed E-state index contributed by atoms with van der Waals surface area (Å²) in [6.07, 6.45) is 10.6. The normalized spacial score (nSPS) is 21.4. The maximum absolute atomic E-state index is 13.7. The zero-order chi connectivity index (χ0) is 21.3. The molecule has 0 radical (unpaired) electrons. The van der Waals surface area contributed by atoms with Crippen LogP contribution in [0.5, 0.6) is 0 Å². The molecule has 9 heteroatoms. The van der Waals surface area contributed by atoms with Crippen molar-refractivity contribution in [3.8, 4) is 0 Å². The number of hydrogen-bond donors (Lipinski definition) is 1. The Bertz CT molecular complexity index is 1020. The molecule has 30 heavy (non-hydrogen) atoms. The molecule has 1 aliphatic heterocycles. The second-order valence-corrected chi connectivity index (χ2v) is 9.35. The fraction of sp³-hybridized carbons (Fsp3) is 0.476. The molecule has 2 N–H and O–H groups in total. The molecule has 1 spiro atoms. The maximum atomic E-state index is 13.7. The number of nitrogens with two attached hydrogens (primary N) is 1. The van der Waals surface area contributed by atoms with Gasteiger partial charge in [-0.1, -0.05) is 36.4 Å². The van der Waals surface area contributed by atoms with Gasteiger partial charge in [0, 0.05) is 49.7 Å². The van der Waals surface area contributed by atoms with Crippen LogP contribution in [-0.4, -0.2) is 40.7 Å². The molecule has 0 amide bonds. The lowest BCUT2D eigenvalue weighted by Gasteiger charge is -2.42.